The molecule has 2 N–H and O–H groups in total. The Hall–Kier alpha value is -3.31. The number of alkyl halides is 3. The highest BCUT2D eigenvalue weighted by atomic mass is 19.4. The third-order valence-corrected chi connectivity index (χ3v) is 7.37. The molecule has 3 fully saturated rings. The first kappa shape index (κ1) is 23.4. The van der Waals surface area contributed by atoms with Gasteiger partial charge in [0, 0.05) is 36.3 Å². The van der Waals surface area contributed by atoms with E-state index in [4.69, 9.17) is 4.74 Å². The number of aromatic carboxylic acids is 1. The molecular formula is C23H23F4N3O5. The topological polar surface area (TPSA) is 101 Å². The van der Waals surface area contributed by atoms with Crippen molar-refractivity contribution in [3.8, 4) is 5.75 Å². The van der Waals surface area contributed by atoms with Gasteiger partial charge in [-0.2, -0.15) is 13.2 Å². The van der Waals surface area contributed by atoms with Crippen molar-refractivity contribution in [3.05, 3.63) is 33.4 Å². The molecule has 5 rings (SSSR count). The Morgan fingerprint density at radius 2 is 1.91 bits per heavy atom. The molecular weight excluding hydrogens is 474 g/mol. The van der Waals surface area contributed by atoms with E-state index in [-0.39, 0.29) is 47.0 Å². The number of halogens is 4. The maximum Gasteiger partial charge on any atom is 0.471 e. The maximum absolute atomic E-state index is 15.9. The molecule has 35 heavy (non-hydrogen) atoms. The average molecular weight is 497 g/mol. The minimum Gasteiger partial charge on any atom is -0.492 e. The van der Waals surface area contributed by atoms with Crippen LogP contribution in [0.1, 0.15) is 47.6 Å². The number of fused-ring (bicyclic) bond motifs is 1. The number of benzene rings is 1. The molecule has 0 radical (unpaired) electrons. The molecule has 2 aromatic rings. The number of aromatic nitrogens is 1. The van der Waals surface area contributed by atoms with E-state index in [1.54, 1.807) is 9.47 Å². The number of carboxylic acid groups (broad SMARTS) is 1. The van der Waals surface area contributed by atoms with Gasteiger partial charge in [0.2, 0.25) is 5.43 Å². The summed E-state index contributed by atoms with van der Waals surface area (Å²) in [5.74, 6) is -4.26. The van der Waals surface area contributed by atoms with Crippen LogP contribution in [-0.4, -0.2) is 54.0 Å². The van der Waals surface area contributed by atoms with E-state index in [0.29, 0.717) is 12.8 Å². The highest BCUT2D eigenvalue weighted by Crippen LogP contribution is 2.55. The molecule has 0 unspecified atom stereocenters. The molecule has 188 valence electrons. The van der Waals surface area contributed by atoms with Crippen LogP contribution in [0.4, 0.5) is 23.2 Å². The fourth-order valence-corrected chi connectivity index (χ4v) is 5.23. The van der Waals surface area contributed by atoms with Crippen molar-refractivity contribution in [2.45, 2.75) is 50.9 Å². The summed E-state index contributed by atoms with van der Waals surface area (Å²) in [6.07, 6.45) is -1.15. The number of carbonyl (C=O) groups is 2. The lowest BCUT2D eigenvalue weighted by molar-refractivity contribution is -0.174. The Balaban J connectivity index is 1.67. The second-order valence-corrected chi connectivity index (χ2v) is 9.63. The first-order valence-electron chi connectivity index (χ1n) is 11.2. The number of nitrogens with one attached hydrogen (secondary N) is 1. The van der Waals surface area contributed by atoms with Crippen molar-refractivity contribution in [2.24, 2.45) is 5.41 Å². The van der Waals surface area contributed by atoms with Crippen LogP contribution in [0.25, 0.3) is 10.9 Å². The number of anilines is 1. The third-order valence-electron chi connectivity index (χ3n) is 7.37. The van der Waals surface area contributed by atoms with Gasteiger partial charge in [0.15, 0.2) is 11.6 Å². The van der Waals surface area contributed by atoms with Gasteiger partial charge < -0.3 is 24.6 Å². The highest BCUT2D eigenvalue weighted by Gasteiger charge is 2.57. The zero-order chi connectivity index (χ0) is 25.4. The Kier molecular flexibility index (Phi) is 5.08. The number of pyridine rings is 1. The van der Waals surface area contributed by atoms with Gasteiger partial charge in [0.05, 0.1) is 24.1 Å². The molecule has 3 aliphatic rings. The smallest absolute Gasteiger partial charge is 0.471 e. The second-order valence-electron chi connectivity index (χ2n) is 9.63. The summed E-state index contributed by atoms with van der Waals surface area (Å²) >= 11 is 0. The molecule has 8 nitrogen and oxygen atoms in total. The molecule has 1 saturated heterocycles. The van der Waals surface area contributed by atoms with Crippen molar-refractivity contribution < 1.29 is 37.0 Å². The van der Waals surface area contributed by atoms with Crippen LogP contribution < -0.4 is 20.4 Å². The van der Waals surface area contributed by atoms with Gasteiger partial charge in [-0.15, -0.1) is 0 Å². The summed E-state index contributed by atoms with van der Waals surface area (Å²) < 4.78 is 61.7. The molecule has 12 heteroatoms. The fraction of sp³-hybridized carbons (Fsp3) is 0.522. The number of hydrogen-bond acceptors (Lipinski definition) is 5. The van der Waals surface area contributed by atoms with Crippen molar-refractivity contribution in [1.82, 2.24) is 9.88 Å². The number of hydrogen-bond donors (Lipinski definition) is 2. The van der Waals surface area contributed by atoms with E-state index in [1.807, 2.05) is 0 Å². The van der Waals surface area contributed by atoms with Gasteiger partial charge in [-0.05, 0) is 32.6 Å². The average Bonchev–Trinajstić information content (AvgIpc) is 3.69. The summed E-state index contributed by atoms with van der Waals surface area (Å²) in [6, 6.07) is -0.924. The summed E-state index contributed by atoms with van der Waals surface area (Å²) in [7, 11) is 1.30. The second kappa shape index (κ2) is 7.59. The number of aryl methyl sites for hydroxylation is 1. The number of carboxylic acids is 1. The first-order valence-corrected chi connectivity index (χ1v) is 11.2. The van der Waals surface area contributed by atoms with Crippen molar-refractivity contribution in [1.29, 1.82) is 0 Å². The molecule has 2 aliphatic carbocycles. The van der Waals surface area contributed by atoms with E-state index >= 15 is 4.39 Å². The van der Waals surface area contributed by atoms with Crippen LogP contribution in [0, 0.1) is 18.2 Å². The summed E-state index contributed by atoms with van der Waals surface area (Å²) in [5, 5.41) is 11.5. The van der Waals surface area contributed by atoms with E-state index in [9.17, 15) is 32.7 Å². The SMILES string of the molecule is COc1c(N2C[C@H](NC(=O)C(F)(F)F)C3(CC3)C2)c(F)c(C)c2c(=O)c(C(=O)O)cn(C3CC3)c12. The monoisotopic (exact) mass is 497 g/mol. The summed E-state index contributed by atoms with van der Waals surface area (Å²) in [6.45, 7) is 1.51. The molecule has 1 amide bonds. The standard InChI is InChI=1S/C23H23F4N3O5/c1-10-14-16(30(11-3-4-11)7-12(18(14)31)20(32)33)19(35-2)17(15(10)24)29-8-13(22(9-29)5-6-22)28-21(34)23(25,26)27/h7,11,13H,3-6,8-9H2,1-2H3,(H,28,34)(H,32,33)/t13-/m0/s1. The van der Waals surface area contributed by atoms with Crippen LogP contribution in [0.3, 0.4) is 0 Å². The Morgan fingerprint density at radius 1 is 1.26 bits per heavy atom. The molecule has 1 aromatic heterocycles. The lowest BCUT2D eigenvalue weighted by Gasteiger charge is -2.26. The zero-order valence-electron chi connectivity index (χ0n) is 19.0. The van der Waals surface area contributed by atoms with Crippen molar-refractivity contribution >= 4 is 28.5 Å². The van der Waals surface area contributed by atoms with Crippen LogP contribution in [0.5, 0.6) is 5.75 Å². The quantitative estimate of drug-likeness (QED) is 0.616. The van der Waals surface area contributed by atoms with Gasteiger partial charge in [-0.25, -0.2) is 9.18 Å². The lowest BCUT2D eigenvalue weighted by Crippen LogP contribution is -2.47. The molecule has 1 aromatic carbocycles. The predicted octanol–water partition coefficient (Wildman–Crippen LogP) is 3.14. The molecule has 1 aliphatic heterocycles. The van der Waals surface area contributed by atoms with Crippen molar-refractivity contribution in [3.63, 3.8) is 0 Å². The molecule has 2 heterocycles. The minimum absolute atomic E-state index is 0.00981. The van der Waals surface area contributed by atoms with E-state index in [1.165, 1.54) is 20.2 Å². The fourth-order valence-electron chi connectivity index (χ4n) is 5.23. The van der Waals surface area contributed by atoms with Crippen LogP contribution in [0.2, 0.25) is 0 Å². The number of carbonyl (C=O) groups excluding carboxylic acids is 1. The van der Waals surface area contributed by atoms with Crippen LogP contribution >= 0.6 is 0 Å². The first-order chi connectivity index (χ1) is 16.4. The predicted molar refractivity (Wildman–Crippen MR) is 117 cm³/mol. The van der Waals surface area contributed by atoms with Gasteiger partial charge in [0.25, 0.3) is 0 Å². The molecule has 2 saturated carbocycles. The minimum atomic E-state index is -5.03. The molecule has 0 bridgehead atoms. The van der Waals surface area contributed by atoms with Gasteiger partial charge in [0.1, 0.15) is 11.3 Å². The van der Waals surface area contributed by atoms with E-state index in [0.717, 1.165) is 12.8 Å². The van der Waals surface area contributed by atoms with Gasteiger partial charge in [-0.1, -0.05) is 0 Å². The lowest BCUT2D eigenvalue weighted by atomic mass is 10.0. The van der Waals surface area contributed by atoms with Gasteiger partial charge >= 0.3 is 18.1 Å². The summed E-state index contributed by atoms with van der Waals surface area (Å²) in [4.78, 5) is 37.9. The number of methoxy groups -OCH3 is 1. The largest absolute Gasteiger partial charge is 0.492 e. The summed E-state index contributed by atoms with van der Waals surface area (Å²) in [5.41, 5.74) is -1.73. The molecule has 1 atom stereocenters. The van der Waals surface area contributed by atoms with E-state index < -0.39 is 46.3 Å². The third kappa shape index (κ3) is 3.61. The number of nitrogens with zero attached hydrogens (tertiary/aromatic N) is 2. The Labute approximate surface area is 196 Å². The molecule has 1 spiro atoms. The van der Waals surface area contributed by atoms with E-state index in [2.05, 4.69) is 5.32 Å². The number of ether oxygens (including phenoxy) is 1. The van der Waals surface area contributed by atoms with Crippen LogP contribution in [-0.2, 0) is 4.79 Å². The highest BCUT2D eigenvalue weighted by molar-refractivity contribution is 5.99. The Morgan fingerprint density at radius 3 is 2.43 bits per heavy atom. The van der Waals surface area contributed by atoms with Crippen LogP contribution in [0.15, 0.2) is 11.0 Å². The van der Waals surface area contributed by atoms with Gasteiger partial charge in [-0.3, -0.25) is 9.59 Å². The zero-order valence-corrected chi connectivity index (χ0v) is 19.0. The maximum atomic E-state index is 15.9. The normalized spacial score (nSPS) is 21.0. The Bertz CT molecular complexity index is 1330. The number of rotatable bonds is 5. The number of amides is 1. The van der Waals surface area contributed by atoms with Crippen molar-refractivity contribution in [2.75, 3.05) is 25.1 Å².